The van der Waals surface area contributed by atoms with Crippen molar-refractivity contribution in [2.75, 3.05) is 31.5 Å². The molecule has 1 aliphatic heterocycles. The number of nitrogens with one attached hydrogen (secondary N) is 1. The molecular weight excluding hydrogens is 334 g/mol. The molecule has 5 heteroatoms. The van der Waals surface area contributed by atoms with E-state index < -0.39 is 0 Å². The minimum absolute atomic E-state index is 0.0708. The second-order valence-electron chi connectivity index (χ2n) is 6.17. The lowest BCUT2D eigenvalue weighted by Gasteiger charge is -2.39. The highest BCUT2D eigenvalue weighted by Crippen LogP contribution is 2.33. The van der Waals surface area contributed by atoms with Gasteiger partial charge in [0.15, 0.2) is 0 Å². The number of halogens is 1. The number of fused-ring (bicyclic) bond motifs is 1. The number of benzene rings is 2. The zero-order chi connectivity index (χ0) is 17.8. The molecule has 1 heterocycles. The number of hydrogen-bond acceptors (Lipinski definition) is 3. The molecule has 4 nitrogen and oxygen atoms in total. The van der Waals surface area contributed by atoms with Crippen LogP contribution in [0.4, 0.5) is 5.69 Å². The predicted molar refractivity (Wildman–Crippen MR) is 103 cm³/mol. The standard InChI is InChI=1S/C20H24ClN3O/c1-3-23(4-2)13-14-24-19(15-9-11-16(21)12-10-15)22-18-8-6-5-7-17(18)20(24)25/h5-12,19,22H,3-4,13-14H2,1-2H3/t19-/m0/s1. The van der Waals surface area contributed by atoms with Gasteiger partial charge in [-0.25, -0.2) is 0 Å². The van der Waals surface area contributed by atoms with Crippen LogP contribution in [0.1, 0.15) is 35.9 Å². The Morgan fingerprint density at radius 1 is 1.08 bits per heavy atom. The second-order valence-corrected chi connectivity index (χ2v) is 6.61. The van der Waals surface area contributed by atoms with Gasteiger partial charge < -0.3 is 15.1 Å². The topological polar surface area (TPSA) is 35.6 Å². The highest BCUT2D eigenvalue weighted by atomic mass is 35.5. The van der Waals surface area contributed by atoms with Crippen LogP contribution in [0.3, 0.4) is 0 Å². The molecule has 0 aliphatic carbocycles. The van der Waals surface area contributed by atoms with Crippen molar-refractivity contribution in [2.24, 2.45) is 0 Å². The number of rotatable bonds is 6. The Balaban J connectivity index is 1.91. The summed E-state index contributed by atoms with van der Waals surface area (Å²) in [5.41, 5.74) is 2.64. The number of amides is 1. The van der Waals surface area contributed by atoms with Crippen LogP contribution in [0.5, 0.6) is 0 Å². The van der Waals surface area contributed by atoms with E-state index >= 15 is 0 Å². The average Bonchev–Trinajstić information content (AvgIpc) is 2.64. The monoisotopic (exact) mass is 357 g/mol. The van der Waals surface area contributed by atoms with Crippen LogP contribution in [0.2, 0.25) is 5.02 Å². The van der Waals surface area contributed by atoms with Crippen molar-refractivity contribution in [3.05, 3.63) is 64.7 Å². The minimum Gasteiger partial charge on any atom is -0.361 e. The van der Waals surface area contributed by atoms with E-state index in [1.54, 1.807) is 0 Å². The van der Waals surface area contributed by atoms with E-state index in [1.165, 1.54) is 0 Å². The molecule has 0 fully saturated rings. The fourth-order valence-electron chi connectivity index (χ4n) is 3.22. The second kappa shape index (κ2) is 7.89. The number of hydrogen-bond donors (Lipinski definition) is 1. The Labute approximate surface area is 154 Å². The SMILES string of the molecule is CCN(CC)CCN1C(=O)c2ccccc2N[C@@H]1c1ccc(Cl)cc1. The summed E-state index contributed by atoms with van der Waals surface area (Å²) in [7, 11) is 0. The van der Waals surface area contributed by atoms with E-state index in [9.17, 15) is 4.79 Å². The first-order chi connectivity index (χ1) is 12.1. The van der Waals surface area contributed by atoms with E-state index in [2.05, 4.69) is 24.1 Å². The molecule has 0 saturated carbocycles. The lowest BCUT2D eigenvalue weighted by Crippen LogP contribution is -2.46. The smallest absolute Gasteiger partial charge is 0.257 e. The van der Waals surface area contributed by atoms with Crippen molar-refractivity contribution < 1.29 is 4.79 Å². The molecule has 0 unspecified atom stereocenters. The molecule has 2 aromatic carbocycles. The Kier molecular flexibility index (Phi) is 5.61. The van der Waals surface area contributed by atoms with Gasteiger partial charge >= 0.3 is 0 Å². The molecule has 132 valence electrons. The lowest BCUT2D eigenvalue weighted by atomic mass is 10.0. The molecule has 2 aromatic rings. The van der Waals surface area contributed by atoms with Crippen LogP contribution < -0.4 is 5.32 Å². The highest BCUT2D eigenvalue weighted by molar-refractivity contribution is 6.30. The highest BCUT2D eigenvalue weighted by Gasteiger charge is 2.32. The molecule has 0 aromatic heterocycles. The van der Waals surface area contributed by atoms with Crippen LogP contribution in [-0.2, 0) is 0 Å². The summed E-state index contributed by atoms with van der Waals surface area (Å²) < 4.78 is 0. The third-order valence-corrected chi connectivity index (χ3v) is 5.01. The summed E-state index contributed by atoms with van der Waals surface area (Å²) in [6.07, 6.45) is -0.185. The third-order valence-electron chi connectivity index (χ3n) is 4.76. The van der Waals surface area contributed by atoms with Crippen LogP contribution in [0.25, 0.3) is 0 Å². The molecule has 1 aliphatic rings. The van der Waals surface area contributed by atoms with Gasteiger partial charge in [-0.05, 0) is 42.9 Å². The van der Waals surface area contributed by atoms with Crippen LogP contribution in [0, 0.1) is 0 Å². The van der Waals surface area contributed by atoms with E-state index in [-0.39, 0.29) is 12.1 Å². The summed E-state index contributed by atoms with van der Waals surface area (Å²) in [6.45, 7) is 7.78. The van der Waals surface area contributed by atoms with Gasteiger partial charge in [0.2, 0.25) is 0 Å². The van der Waals surface area contributed by atoms with Gasteiger partial charge in [0, 0.05) is 23.8 Å². The Morgan fingerprint density at radius 3 is 2.44 bits per heavy atom. The molecule has 0 spiro atoms. The normalized spacial score (nSPS) is 16.7. The van der Waals surface area contributed by atoms with Gasteiger partial charge in [-0.1, -0.05) is 49.7 Å². The number of likely N-dealkylation sites (N-methyl/N-ethyl adjacent to an activating group) is 1. The molecule has 0 saturated heterocycles. The Hall–Kier alpha value is -2.04. The molecule has 1 N–H and O–H groups in total. The van der Waals surface area contributed by atoms with Gasteiger partial charge in [-0.2, -0.15) is 0 Å². The van der Waals surface area contributed by atoms with E-state index in [4.69, 9.17) is 11.6 Å². The summed E-state index contributed by atoms with van der Waals surface area (Å²) >= 11 is 6.03. The maximum absolute atomic E-state index is 13.1. The largest absolute Gasteiger partial charge is 0.361 e. The lowest BCUT2D eigenvalue weighted by molar-refractivity contribution is 0.0660. The molecule has 0 bridgehead atoms. The van der Waals surface area contributed by atoms with Crippen molar-refractivity contribution in [1.82, 2.24) is 9.80 Å². The van der Waals surface area contributed by atoms with Gasteiger partial charge in [0.05, 0.1) is 5.56 Å². The number of carbonyl (C=O) groups excluding carboxylic acids is 1. The predicted octanol–water partition coefficient (Wildman–Crippen LogP) is 4.25. The van der Waals surface area contributed by atoms with Crippen LogP contribution in [-0.4, -0.2) is 41.9 Å². The summed E-state index contributed by atoms with van der Waals surface area (Å²) in [6, 6.07) is 15.4. The molecule has 1 amide bonds. The number of carbonyl (C=O) groups is 1. The van der Waals surface area contributed by atoms with E-state index in [0.29, 0.717) is 11.6 Å². The van der Waals surface area contributed by atoms with Gasteiger partial charge in [0.25, 0.3) is 5.91 Å². The zero-order valence-electron chi connectivity index (χ0n) is 14.7. The molecule has 3 rings (SSSR count). The first-order valence-corrected chi connectivity index (χ1v) is 9.16. The summed E-state index contributed by atoms with van der Waals surface area (Å²) in [5.74, 6) is 0.0708. The number of nitrogens with zero attached hydrogens (tertiary/aromatic N) is 2. The fraction of sp³-hybridized carbons (Fsp3) is 0.350. The number of para-hydroxylation sites is 1. The fourth-order valence-corrected chi connectivity index (χ4v) is 3.35. The summed E-state index contributed by atoms with van der Waals surface area (Å²) in [5, 5.41) is 4.21. The maximum atomic E-state index is 13.1. The van der Waals surface area contributed by atoms with Gasteiger partial charge in [0.1, 0.15) is 6.17 Å². The summed E-state index contributed by atoms with van der Waals surface area (Å²) in [4.78, 5) is 17.3. The van der Waals surface area contributed by atoms with Crippen LogP contribution in [0.15, 0.2) is 48.5 Å². The zero-order valence-corrected chi connectivity index (χ0v) is 15.5. The van der Waals surface area contributed by atoms with Gasteiger partial charge in [-0.3, -0.25) is 4.79 Å². The third kappa shape index (κ3) is 3.80. The maximum Gasteiger partial charge on any atom is 0.257 e. The Morgan fingerprint density at radius 2 is 1.76 bits per heavy atom. The van der Waals surface area contributed by atoms with Crippen molar-refractivity contribution in [3.8, 4) is 0 Å². The van der Waals surface area contributed by atoms with E-state index in [0.717, 1.165) is 36.4 Å². The van der Waals surface area contributed by atoms with Gasteiger partial charge in [-0.15, -0.1) is 0 Å². The first kappa shape index (κ1) is 17.8. The number of anilines is 1. The van der Waals surface area contributed by atoms with Crippen molar-refractivity contribution >= 4 is 23.2 Å². The molecule has 0 radical (unpaired) electrons. The molecule has 1 atom stereocenters. The average molecular weight is 358 g/mol. The molecule has 25 heavy (non-hydrogen) atoms. The minimum atomic E-state index is -0.185. The molecular formula is C20H24ClN3O. The first-order valence-electron chi connectivity index (χ1n) is 8.78. The van der Waals surface area contributed by atoms with E-state index in [1.807, 2.05) is 53.4 Å². The Bertz CT molecular complexity index is 728. The van der Waals surface area contributed by atoms with Crippen molar-refractivity contribution in [1.29, 1.82) is 0 Å². The van der Waals surface area contributed by atoms with Crippen LogP contribution >= 0.6 is 11.6 Å². The van der Waals surface area contributed by atoms with Crippen molar-refractivity contribution in [3.63, 3.8) is 0 Å². The van der Waals surface area contributed by atoms with Crippen molar-refractivity contribution in [2.45, 2.75) is 20.0 Å². The quantitative estimate of drug-likeness (QED) is 0.839.